The number of nitro benzene ring substituents is 1. The Morgan fingerprint density at radius 2 is 2.00 bits per heavy atom. The molecule has 0 atom stereocenters. The molecule has 1 aromatic carbocycles. The number of carbonyl (C=O) groups is 1. The number of rotatable bonds is 4. The van der Waals surface area contributed by atoms with E-state index in [1.807, 2.05) is 13.8 Å². The van der Waals surface area contributed by atoms with Gasteiger partial charge in [0.15, 0.2) is 0 Å². The third-order valence-corrected chi connectivity index (χ3v) is 4.43. The number of carbonyl (C=O) groups excluding carboxylic acids is 1. The van der Waals surface area contributed by atoms with Crippen LogP contribution in [0.15, 0.2) is 18.2 Å². The molecular weight excluding hydrogens is 312 g/mol. The molecule has 6 heteroatoms. The topological polar surface area (TPSA) is 63.5 Å². The highest BCUT2D eigenvalue weighted by atomic mass is 79.9. The Balaban J connectivity index is 3.16. The molecule has 0 aromatic heterocycles. The lowest BCUT2D eigenvalue weighted by Crippen LogP contribution is -2.46. The van der Waals surface area contributed by atoms with Crippen molar-refractivity contribution in [3.05, 3.63) is 39.4 Å². The molecule has 0 unspecified atom stereocenters. The normalized spacial score (nSPS) is 11.2. The van der Waals surface area contributed by atoms with Crippen molar-refractivity contribution in [3.8, 4) is 0 Å². The lowest BCUT2D eigenvalue weighted by molar-refractivity contribution is -0.384. The van der Waals surface area contributed by atoms with Crippen molar-refractivity contribution in [3.63, 3.8) is 0 Å². The minimum atomic E-state index is -0.487. The van der Waals surface area contributed by atoms with Gasteiger partial charge in [-0.25, -0.2) is 0 Å². The summed E-state index contributed by atoms with van der Waals surface area (Å²) in [5, 5.41) is 11.4. The van der Waals surface area contributed by atoms with Crippen molar-refractivity contribution in [2.75, 3.05) is 12.4 Å². The molecule has 0 N–H and O–H groups in total. The molecule has 0 bridgehead atoms. The third kappa shape index (κ3) is 3.53. The van der Waals surface area contributed by atoms with E-state index in [9.17, 15) is 14.9 Å². The number of nitrogens with zero attached hydrogens (tertiary/aromatic N) is 2. The summed E-state index contributed by atoms with van der Waals surface area (Å²) >= 11 is 3.36. The molecule has 0 radical (unpaired) electrons. The largest absolute Gasteiger partial charge is 0.336 e. The Kier molecular flexibility index (Phi) is 4.68. The van der Waals surface area contributed by atoms with Gasteiger partial charge in [0.05, 0.1) is 4.92 Å². The van der Waals surface area contributed by atoms with Crippen molar-refractivity contribution in [2.24, 2.45) is 0 Å². The molecule has 0 saturated heterocycles. The maximum Gasteiger partial charge on any atom is 0.270 e. The summed E-state index contributed by atoms with van der Waals surface area (Å²) in [6.07, 6.45) is 0. The predicted molar refractivity (Wildman–Crippen MR) is 77.8 cm³/mol. The molecule has 104 valence electrons. The van der Waals surface area contributed by atoms with Crippen LogP contribution in [-0.2, 0) is 0 Å². The fourth-order valence-corrected chi connectivity index (χ4v) is 1.93. The van der Waals surface area contributed by atoms with Gasteiger partial charge < -0.3 is 4.90 Å². The first-order chi connectivity index (χ1) is 8.69. The molecule has 0 aliphatic carbocycles. The summed E-state index contributed by atoms with van der Waals surface area (Å²) in [5.74, 6) is -0.226. The Morgan fingerprint density at radius 1 is 1.42 bits per heavy atom. The van der Waals surface area contributed by atoms with Crippen molar-refractivity contribution >= 4 is 27.5 Å². The van der Waals surface area contributed by atoms with Crippen LogP contribution in [0.1, 0.15) is 29.8 Å². The van der Waals surface area contributed by atoms with Crippen LogP contribution in [-0.4, -0.2) is 33.6 Å². The highest BCUT2D eigenvalue weighted by Crippen LogP contribution is 2.22. The zero-order valence-corrected chi connectivity index (χ0v) is 13.0. The molecule has 0 spiro atoms. The maximum absolute atomic E-state index is 12.4. The van der Waals surface area contributed by atoms with Gasteiger partial charge in [0.25, 0.3) is 11.6 Å². The molecule has 0 aliphatic rings. The number of hydrogen-bond donors (Lipinski definition) is 0. The molecule has 19 heavy (non-hydrogen) atoms. The Labute approximate surface area is 120 Å². The average molecular weight is 329 g/mol. The Hall–Kier alpha value is -1.43. The predicted octanol–water partition coefficient (Wildman–Crippen LogP) is 3.15. The summed E-state index contributed by atoms with van der Waals surface area (Å²) in [6.45, 7) is 5.58. The van der Waals surface area contributed by atoms with Crippen LogP contribution in [0.5, 0.6) is 0 Å². The van der Waals surface area contributed by atoms with Gasteiger partial charge in [-0.05, 0) is 32.4 Å². The number of non-ortho nitro benzene ring substituents is 1. The van der Waals surface area contributed by atoms with E-state index in [1.54, 1.807) is 24.9 Å². The lowest BCUT2D eigenvalue weighted by atomic mass is 10.0. The molecule has 1 rings (SSSR count). The van der Waals surface area contributed by atoms with Gasteiger partial charge in [-0.2, -0.15) is 0 Å². The van der Waals surface area contributed by atoms with Gasteiger partial charge in [-0.3, -0.25) is 14.9 Å². The van der Waals surface area contributed by atoms with Gasteiger partial charge in [-0.15, -0.1) is 0 Å². The average Bonchev–Trinajstić information content (AvgIpc) is 2.36. The quantitative estimate of drug-likeness (QED) is 0.484. The SMILES string of the molecule is Cc1cc(C(=O)N(C)C(C)(C)CBr)cc([N+](=O)[O-])c1. The van der Waals surface area contributed by atoms with E-state index in [1.165, 1.54) is 12.1 Å². The Morgan fingerprint density at radius 3 is 2.47 bits per heavy atom. The number of halogens is 1. The van der Waals surface area contributed by atoms with Crippen molar-refractivity contribution in [1.29, 1.82) is 0 Å². The van der Waals surface area contributed by atoms with Crippen LogP contribution in [0, 0.1) is 17.0 Å². The summed E-state index contributed by atoms with van der Waals surface area (Å²) in [7, 11) is 1.69. The number of hydrogen-bond acceptors (Lipinski definition) is 3. The first-order valence-corrected chi connectivity index (χ1v) is 6.91. The molecule has 0 aliphatic heterocycles. The second-order valence-corrected chi connectivity index (χ2v) is 5.69. The standard InChI is InChI=1S/C13H17BrN2O3/c1-9-5-10(7-11(6-9)16(18)19)12(17)15(4)13(2,3)8-14/h5-7H,8H2,1-4H3. The zero-order valence-electron chi connectivity index (χ0n) is 11.4. The van der Waals surface area contributed by atoms with Crippen LogP contribution < -0.4 is 0 Å². The van der Waals surface area contributed by atoms with E-state index < -0.39 is 4.92 Å². The number of benzene rings is 1. The van der Waals surface area contributed by atoms with E-state index >= 15 is 0 Å². The molecular formula is C13H17BrN2O3. The van der Waals surface area contributed by atoms with E-state index in [-0.39, 0.29) is 17.1 Å². The second-order valence-electron chi connectivity index (χ2n) is 5.12. The molecule has 1 amide bonds. The molecule has 5 nitrogen and oxygen atoms in total. The lowest BCUT2D eigenvalue weighted by Gasteiger charge is -2.34. The number of aryl methyl sites for hydroxylation is 1. The highest BCUT2D eigenvalue weighted by molar-refractivity contribution is 9.09. The first-order valence-electron chi connectivity index (χ1n) is 5.79. The van der Waals surface area contributed by atoms with Gasteiger partial charge >= 0.3 is 0 Å². The minimum absolute atomic E-state index is 0.0617. The second kappa shape index (κ2) is 5.69. The van der Waals surface area contributed by atoms with Crippen LogP contribution in [0.4, 0.5) is 5.69 Å². The first kappa shape index (κ1) is 15.6. The van der Waals surface area contributed by atoms with Gasteiger partial charge in [-0.1, -0.05) is 15.9 Å². The van der Waals surface area contributed by atoms with Crippen LogP contribution in [0.2, 0.25) is 0 Å². The van der Waals surface area contributed by atoms with Crippen molar-refractivity contribution in [1.82, 2.24) is 4.90 Å². The van der Waals surface area contributed by atoms with E-state index in [2.05, 4.69) is 15.9 Å². The van der Waals surface area contributed by atoms with Crippen molar-refractivity contribution < 1.29 is 9.72 Å². The fourth-order valence-electron chi connectivity index (χ4n) is 1.55. The van der Waals surface area contributed by atoms with Crippen LogP contribution in [0.3, 0.4) is 0 Å². The number of amides is 1. The zero-order chi connectivity index (χ0) is 14.8. The van der Waals surface area contributed by atoms with E-state index in [4.69, 9.17) is 0 Å². The summed E-state index contributed by atoms with van der Waals surface area (Å²) in [4.78, 5) is 24.3. The van der Waals surface area contributed by atoms with Gasteiger partial charge in [0.1, 0.15) is 0 Å². The van der Waals surface area contributed by atoms with Crippen LogP contribution >= 0.6 is 15.9 Å². The summed E-state index contributed by atoms with van der Waals surface area (Å²) in [6, 6.07) is 4.43. The maximum atomic E-state index is 12.4. The van der Waals surface area contributed by atoms with Gasteiger partial charge in [0, 0.05) is 35.6 Å². The Bertz CT molecular complexity index is 515. The molecule has 0 fully saturated rings. The minimum Gasteiger partial charge on any atom is -0.336 e. The molecule has 1 aromatic rings. The summed E-state index contributed by atoms with van der Waals surface area (Å²) < 4.78 is 0. The summed E-state index contributed by atoms with van der Waals surface area (Å²) in [5.41, 5.74) is 0.606. The van der Waals surface area contributed by atoms with Crippen molar-refractivity contribution in [2.45, 2.75) is 26.3 Å². The smallest absolute Gasteiger partial charge is 0.270 e. The molecule has 0 heterocycles. The number of nitro groups is 1. The third-order valence-electron chi connectivity index (χ3n) is 3.06. The van der Waals surface area contributed by atoms with E-state index in [0.29, 0.717) is 16.5 Å². The monoisotopic (exact) mass is 328 g/mol. The molecule has 0 saturated carbocycles. The van der Waals surface area contributed by atoms with Gasteiger partial charge in [0.2, 0.25) is 0 Å². The number of alkyl halides is 1. The van der Waals surface area contributed by atoms with Crippen LogP contribution in [0.25, 0.3) is 0 Å². The fraction of sp³-hybridized carbons (Fsp3) is 0.462. The van der Waals surface area contributed by atoms with E-state index in [0.717, 1.165) is 0 Å². The highest BCUT2D eigenvalue weighted by Gasteiger charge is 2.28.